The van der Waals surface area contributed by atoms with Crippen molar-refractivity contribution in [3.05, 3.63) is 59.0 Å². The highest BCUT2D eigenvalue weighted by atomic mass is 16.6. The quantitative estimate of drug-likeness (QED) is 0.601. The van der Waals surface area contributed by atoms with Crippen LogP contribution in [0.3, 0.4) is 0 Å². The lowest BCUT2D eigenvalue weighted by Gasteiger charge is -2.27. The van der Waals surface area contributed by atoms with E-state index in [1.165, 1.54) is 5.56 Å². The Balaban J connectivity index is 1.33. The molecule has 0 bridgehead atoms. The third-order valence-electron chi connectivity index (χ3n) is 6.69. The van der Waals surface area contributed by atoms with Gasteiger partial charge < -0.3 is 14.4 Å². The summed E-state index contributed by atoms with van der Waals surface area (Å²) in [6.07, 6.45) is 7.51. The third kappa shape index (κ3) is 3.83. The van der Waals surface area contributed by atoms with Gasteiger partial charge in [-0.05, 0) is 36.8 Å². The van der Waals surface area contributed by atoms with Crippen LogP contribution >= 0.6 is 0 Å². The topological polar surface area (TPSA) is 82.4 Å². The van der Waals surface area contributed by atoms with Crippen molar-refractivity contribution in [2.24, 2.45) is 0 Å². The maximum Gasteiger partial charge on any atom is 0.257 e. The number of benzene rings is 1. The second-order valence-electron chi connectivity index (χ2n) is 9.08. The third-order valence-corrected chi connectivity index (χ3v) is 6.69. The number of hydrogen-bond acceptors (Lipinski definition) is 6. The molecule has 2 aromatic heterocycles. The molecule has 1 saturated carbocycles. The molecule has 1 saturated heterocycles. The summed E-state index contributed by atoms with van der Waals surface area (Å²) in [4.78, 5) is 24.6. The number of fused-ring (bicyclic) bond motifs is 3. The zero-order chi connectivity index (χ0) is 22.4. The van der Waals surface area contributed by atoms with Gasteiger partial charge in [0.25, 0.3) is 11.9 Å². The van der Waals surface area contributed by atoms with Crippen LogP contribution < -0.4 is 0 Å². The number of rotatable bonds is 5. The monoisotopic (exact) mass is 445 g/mol. The Morgan fingerprint density at radius 1 is 1.15 bits per heavy atom. The van der Waals surface area contributed by atoms with Gasteiger partial charge >= 0.3 is 0 Å². The van der Waals surface area contributed by atoms with Crippen LogP contribution in [0.25, 0.3) is 17.2 Å². The molecule has 3 aliphatic rings. The number of likely N-dealkylation sites (N-methyl/N-ethyl adjacent to an activating group) is 1. The molecule has 1 atom stereocenters. The predicted molar refractivity (Wildman–Crippen MR) is 121 cm³/mol. The Morgan fingerprint density at radius 2 is 2.00 bits per heavy atom. The van der Waals surface area contributed by atoms with Gasteiger partial charge in [-0.2, -0.15) is 5.10 Å². The van der Waals surface area contributed by atoms with E-state index in [-0.39, 0.29) is 12.0 Å². The molecule has 33 heavy (non-hydrogen) atoms. The fraction of sp³-hybridized carbons (Fsp3) is 0.440. The van der Waals surface area contributed by atoms with E-state index in [4.69, 9.17) is 14.5 Å². The molecule has 2 fully saturated rings. The average Bonchev–Trinajstić information content (AvgIpc) is 3.61. The van der Waals surface area contributed by atoms with Crippen LogP contribution in [0.4, 0.5) is 0 Å². The van der Waals surface area contributed by atoms with Crippen molar-refractivity contribution < 1.29 is 14.3 Å². The molecular formula is C25H27N5O3. The van der Waals surface area contributed by atoms with E-state index in [9.17, 15) is 4.79 Å². The molecule has 0 radical (unpaired) electrons. The van der Waals surface area contributed by atoms with E-state index in [2.05, 4.69) is 28.3 Å². The lowest BCUT2D eigenvalue weighted by Crippen LogP contribution is -2.41. The summed E-state index contributed by atoms with van der Waals surface area (Å²) in [5.74, 6) is 0.778. The average molecular weight is 446 g/mol. The molecule has 1 aliphatic heterocycles. The van der Waals surface area contributed by atoms with E-state index >= 15 is 0 Å². The van der Waals surface area contributed by atoms with E-state index < -0.39 is 0 Å². The molecular weight excluding hydrogens is 418 g/mol. The van der Waals surface area contributed by atoms with Crippen molar-refractivity contribution in [2.75, 3.05) is 33.4 Å². The fourth-order valence-corrected chi connectivity index (χ4v) is 4.82. The minimum Gasteiger partial charge on any atom is -0.376 e. The number of amides is 1. The zero-order valence-electron chi connectivity index (χ0n) is 18.7. The predicted octanol–water partition coefficient (Wildman–Crippen LogP) is 2.79. The number of nitrogens with zero attached hydrogens (tertiary/aromatic N) is 5. The molecule has 8 nitrogen and oxygen atoms in total. The van der Waals surface area contributed by atoms with E-state index in [1.54, 1.807) is 22.8 Å². The first-order valence-electron chi connectivity index (χ1n) is 11.7. The van der Waals surface area contributed by atoms with Gasteiger partial charge in [0.1, 0.15) is 0 Å². The van der Waals surface area contributed by atoms with Crippen LogP contribution in [-0.2, 0) is 22.3 Å². The molecule has 0 N–H and O–H groups in total. The number of aromatic nitrogens is 4. The molecule has 170 valence electrons. The number of hydrogen-bond donors (Lipinski definition) is 0. The van der Waals surface area contributed by atoms with E-state index in [1.807, 2.05) is 12.3 Å². The molecule has 1 amide bonds. The maximum atomic E-state index is 13.3. The second-order valence-corrected chi connectivity index (χ2v) is 9.08. The lowest BCUT2D eigenvalue weighted by atomic mass is 9.90. The Morgan fingerprint density at radius 3 is 2.82 bits per heavy atom. The molecule has 3 aromatic rings. The van der Waals surface area contributed by atoms with Crippen molar-refractivity contribution in [2.45, 2.75) is 37.7 Å². The van der Waals surface area contributed by atoms with Gasteiger partial charge in [0.2, 0.25) is 0 Å². The number of aryl methyl sites for hydroxylation is 2. The molecule has 2 aliphatic carbocycles. The zero-order valence-corrected chi connectivity index (χ0v) is 18.7. The highest BCUT2D eigenvalue weighted by Crippen LogP contribution is 2.42. The van der Waals surface area contributed by atoms with Crippen LogP contribution in [0.15, 0.2) is 36.7 Å². The summed E-state index contributed by atoms with van der Waals surface area (Å²) in [5, 5.41) is 4.59. The first-order valence-corrected chi connectivity index (χ1v) is 11.7. The van der Waals surface area contributed by atoms with Crippen LogP contribution in [0, 0.1) is 0 Å². The van der Waals surface area contributed by atoms with Gasteiger partial charge in [-0.25, -0.2) is 14.6 Å². The Hall–Kier alpha value is -3.10. The summed E-state index contributed by atoms with van der Waals surface area (Å²) in [6.45, 7) is 2.17. The first-order chi connectivity index (χ1) is 16.2. The van der Waals surface area contributed by atoms with Crippen LogP contribution in [0.5, 0.6) is 0 Å². The van der Waals surface area contributed by atoms with Gasteiger partial charge in [0.15, 0.2) is 0 Å². The molecule has 3 heterocycles. The summed E-state index contributed by atoms with van der Waals surface area (Å²) in [5.41, 5.74) is 6.13. The SMILES string of the molecule is CN(CC1COCCO1)C(=O)c1cnn(-c2ncc3c(n2)-c2ccccc2CC3)c1C1CC1. The number of carbonyl (C=O) groups excluding carboxylic acids is 1. The van der Waals surface area contributed by atoms with E-state index in [0.717, 1.165) is 48.2 Å². The maximum absolute atomic E-state index is 13.3. The molecule has 6 rings (SSSR count). The van der Waals surface area contributed by atoms with Gasteiger partial charge in [-0.15, -0.1) is 0 Å². The minimum absolute atomic E-state index is 0.0550. The normalized spacial score (nSPS) is 19.6. The van der Waals surface area contributed by atoms with Crippen LogP contribution in [0.2, 0.25) is 0 Å². The Bertz CT molecular complexity index is 1200. The Kier molecular flexibility index (Phi) is 5.19. The number of ether oxygens (including phenoxy) is 2. The van der Waals surface area contributed by atoms with Crippen molar-refractivity contribution >= 4 is 5.91 Å². The largest absolute Gasteiger partial charge is 0.376 e. The summed E-state index contributed by atoms with van der Waals surface area (Å²) in [7, 11) is 1.81. The van der Waals surface area contributed by atoms with Gasteiger partial charge in [-0.3, -0.25) is 4.79 Å². The smallest absolute Gasteiger partial charge is 0.257 e. The van der Waals surface area contributed by atoms with Crippen LogP contribution in [-0.4, -0.2) is 70.1 Å². The van der Waals surface area contributed by atoms with Crippen molar-refractivity contribution in [3.8, 4) is 17.2 Å². The van der Waals surface area contributed by atoms with Crippen molar-refractivity contribution in [3.63, 3.8) is 0 Å². The standard InChI is InChI=1S/C25H27N5O3/c1-29(14-19-15-32-10-11-33-19)24(31)21-13-27-30(23(21)17-7-8-17)25-26-12-18-9-6-16-4-2-3-5-20(16)22(18)28-25/h2-5,12-13,17,19H,6-11,14-15H2,1H3. The summed E-state index contributed by atoms with van der Waals surface area (Å²) < 4.78 is 13.0. The first kappa shape index (κ1) is 20.5. The fourth-order valence-electron chi connectivity index (χ4n) is 4.82. The molecule has 8 heteroatoms. The van der Waals surface area contributed by atoms with Crippen molar-refractivity contribution in [1.29, 1.82) is 0 Å². The minimum atomic E-state index is -0.101. The van der Waals surface area contributed by atoms with E-state index in [0.29, 0.717) is 43.8 Å². The van der Waals surface area contributed by atoms with Crippen molar-refractivity contribution in [1.82, 2.24) is 24.6 Å². The second kappa shape index (κ2) is 8.35. The highest BCUT2D eigenvalue weighted by molar-refractivity contribution is 5.95. The molecule has 1 aromatic carbocycles. The van der Waals surface area contributed by atoms with Gasteiger partial charge in [0.05, 0.1) is 49.1 Å². The van der Waals surface area contributed by atoms with Gasteiger partial charge in [-0.1, -0.05) is 24.3 Å². The van der Waals surface area contributed by atoms with Gasteiger partial charge in [0, 0.05) is 31.3 Å². The molecule has 0 spiro atoms. The highest BCUT2D eigenvalue weighted by Gasteiger charge is 2.35. The lowest BCUT2D eigenvalue weighted by molar-refractivity contribution is -0.0933. The molecule has 1 unspecified atom stereocenters. The Labute approximate surface area is 192 Å². The van der Waals surface area contributed by atoms with Crippen LogP contribution in [0.1, 0.15) is 45.9 Å². The summed E-state index contributed by atoms with van der Waals surface area (Å²) >= 11 is 0. The number of carbonyl (C=O) groups is 1. The summed E-state index contributed by atoms with van der Waals surface area (Å²) in [6, 6.07) is 8.41.